The highest BCUT2D eigenvalue weighted by Crippen LogP contribution is 2.24. The predicted molar refractivity (Wildman–Crippen MR) is 100 cm³/mol. The third-order valence-electron chi connectivity index (χ3n) is 3.80. The number of nitrogens with one attached hydrogen (secondary N) is 3. The first-order valence-corrected chi connectivity index (χ1v) is 7.99. The zero-order valence-electron chi connectivity index (χ0n) is 15.2. The van der Waals surface area contributed by atoms with Gasteiger partial charge in [-0.2, -0.15) is 0 Å². The molecule has 2 rings (SSSR count). The van der Waals surface area contributed by atoms with Crippen LogP contribution in [0.1, 0.15) is 31.1 Å². The standard InChI is InChI=1S/C19H24N4O2/c1-19(2,3)16(20)11-17(21-4)23-18(24)12-6-7-13-14(10-12)22-9-8-15(13)25-5/h6-11,20-21H,1-5H3,(H,23,24)/b17-11+,20-16?. The Balaban J connectivity index is 2.27. The van der Waals surface area contributed by atoms with Crippen LogP contribution in [-0.2, 0) is 0 Å². The molecule has 0 aliphatic carbocycles. The third kappa shape index (κ3) is 4.35. The van der Waals surface area contributed by atoms with Crippen LogP contribution in [-0.4, -0.2) is 30.8 Å². The topological polar surface area (TPSA) is 87.1 Å². The zero-order valence-corrected chi connectivity index (χ0v) is 15.2. The van der Waals surface area contributed by atoms with Crippen molar-refractivity contribution < 1.29 is 9.53 Å². The molecular weight excluding hydrogens is 316 g/mol. The maximum atomic E-state index is 12.5. The fourth-order valence-electron chi connectivity index (χ4n) is 2.17. The normalized spacial score (nSPS) is 12.0. The molecule has 0 fully saturated rings. The lowest BCUT2D eigenvalue weighted by atomic mass is 9.90. The van der Waals surface area contributed by atoms with Gasteiger partial charge < -0.3 is 20.8 Å². The number of fused-ring (bicyclic) bond motifs is 1. The minimum absolute atomic E-state index is 0.270. The number of hydrogen-bond donors (Lipinski definition) is 3. The van der Waals surface area contributed by atoms with E-state index < -0.39 is 0 Å². The van der Waals surface area contributed by atoms with Gasteiger partial charge in [0.1, 0.15) is 11.6 Å². The van der Waals surface area contributed by atoms with E-state index >= 15 is 0 Å². The van der Waals surface area contributed by atoms with Crippen molar-refractivity contribution in [2.24, 2.45) is 5.41 Å². The Morgan fingerprint density at radius 1 is 1.28 bits per heavy atom. The molecule has 3 N–H and O–H groups in total. The molecule has 0 aliphatic heterocycles. The number of methoxy groups -OCH3 is 1. The first kappa shape index (κ1) is 18.4. The van der Waals surface area contributed by atoms with Crippen LogP contribution in [0.5, 0.6) is 5.75 Å². The molecule has 0 unspecified atom stereocenters. The third-order valence-corrected chi connectivity index (χ3v) is 3.80. The lowest BCUT2D eigenvalue weighted by Crippen LogP contribution is -2.31. The van der Waals surface area contributed by atoms with Gasteiger partial charge >= 0.3 is 0 Å². The summed E-state index contributed by atoms with van der Waals surface area (Å²) in [7, 11) is 3.30. The van der Waals surface area contributed by atoms with E-state index in [1.807, 2.05) is 26.8 Å². The van der Waals surface area contributed by atoms with Crippen molar-refractivity contribution >= 4 is 22.5 Å². The Morgan fingerprint density at radius 2 is 2.00 bits per heavy atom. The molecular formula is C19H24N4O2. The Kier molecular flexibility index (Phi) is 5.41. The summed E-state index contributed by atoms with van der Waals surface area (Å²) < 4.78 is 5.30. The van der Waals surface area contributed by atoms with Gasteiger partial charge in [0.2, 0.25) is 0 Å². The van der Waals surface area contributed by atoms with Crippen LogP contribution >= 0.6 is 0 Å². The van der Waals surface area contributed by atoms with Crippen molar-refractivity contribution in [3.05, 3.63) is 47.9 Å². The molecule has 0 saturated heterocycles. The molecule has 0 saturated carbocycles. The number of amides is 1. The summed E-state index contributed by atoms with van der Waals surface area (Å²) in [6.07, 6.45) is 3.27. The second-order valence-corrected chi connectivity index (χ2v) is 6.67. The highest BCUT2D eigenvalue weighted by atomic mass is 16.5. The largest absolute Gasteiger partial charge is 0.496 e. The number of allylic oxidation sites excluding steroid dienone is 1. The molecule has 2 aromatic rings. The predicted octanol–water partition coefficient (Wildman–Crippen LogP) is 3.10. The van der Waals surface area contributed by atoms with E-state index in [2.05, 4.69) is 15.6 Å². The fourth-order valence-corrected chi connectivity index (χ4v) is 2.17. The second-order valence-electron chi connectivity index (χ2n) is 6.67. The van der Waals surface area contributed by atoms with Crippen LogP contribution in [0.25, 0.3) is 10.9 Å². The van der Waals surface area contributed by atoms with Crippen molar-refractivity contribution in [3.63, 3.8) is 0 Å². The SMILES string of the molecule is CN/C(=C\C(=N)C(C)(C)C)NC(=O)c1ccc2c(OC)ccnc2c1. The van der Waals surface area contributed by atoms with E-state index in [0.29, 0.717) is 28.4 Å². The molecule has 1 aromatic heterocycles. The van der Waals surface area contributed by atoms with E-state index in [1.54, 1.807) is 44.6 Å². The maximum absolute atomic E-state index is 12.5. The van der Waals surface area contributed by atoms with Crippen LogP contribution in [0.2, 0.25) is 0 Å². The number of carbonyl (C=O) groups is 1. The van der Waals surface area contributed by atoms with Crippen molar-refractivity contribution in [1.29, 1.82) is 5.41 Å². The summed E-state index contributed by atoms with van der Waals surface area (Å²) in [5, 5.41) is 14.6. The number of rotatable bonds is 5. The molecule has 0 aliphatic rings. The van der Waals surface area contributed by atoms with Crippen LogP contribution < -0.4 is 15.4 Å². The lowest BCUT2D eigenvalue weighted by molar-refractivity contribution is 0.0964. The molecule has 132 valence electrons. The van der Waals surface area contributed by atoms with E-state index in [-0.39, 0.29) is 11.3 Å². The number of nitrogens with zero attached hydrogens (tertiary/aromatic N) is 1. The monoisotopic (exact) mass is 340 g/mol. The molecule has 0 spiro atoms. The number of aromatic nitrogens is 1. The summed E-state index contributed by atoms with van der Waals surface area (Å²) in [5.41, 5.74) is 1.29. The Bertz CT molecular complexity index is 835. The van der Waals surface area contributed by atoms with Gasteiger partial charge in [-0.05, 0) is 30.3 Å². The number of ether oxygens (including phenoxy) is 1. The van der Waals surface area contributed by atoms with Gasteiger partial charge in [-0.15, -0.1) is 0 Å². The Hall–Kier alpha value is -2.89. The van der Waals surface area contributed by atoms with Crippen molar-refractivity contribution in [1.82, 2.24) is 15.6 Å². The zero-order chi connectivity index (χ0) is 18.6. The molecule has 1 amide bonds. The molecule has 0 radical (unpaired) electrons. The number of pyridine rings is 1. The molecule has 6 heteroatoms. The smallest absolute Gasteiger partial charge is 0.256 e. The summed E-state index contributed by atoms with van der Waals surface area (Å²) in [4.78, 5) is 16.8. The Labute approximate surface area is 147 Å². The minimum atomic E-state index is -0.295. The quantitative estimate of drug-likeness (QED) is 0.730. The van der Waals surface area contributed by atoms with Gasteiger partial charge in [-0.25, -0.2) is 0 Å². The average Bonchev–Trinajstić information content (AvgIpc) is 2.58. The van der Waals surface area contributed by atoms with Gasteiger partial charge in [0.05, 0.1) is 12.6 Å². The summed E-state index contributed by atoms with van der Waals surface area (Å²) in [6, 6.07) is 7.04. The van der Waals surface area contributed by atoms with Crippen molar-refractivity contribution in [3.8, 4) is 5.75 Å². The highest BCUT2D eigenvalue weighted by molar-refractivity contribution is 6.01. The lowest BCUT2D eigenvalue weighted by Gasteiger charge is -2.18. The van der Waals surface area contributed by atoms with Crippen LogP contribution in [0.15, 0.2) is 42.4 Å². The van der Waals surface area contributed by atoms with Crippen molar-refractivity contribution in [2.75, 3.05) is 14.2 Å². The van der Waals surface area contributed by atoms with Crippen LogP contribution in [0.4, 0.5) is 0 Å². The Morgan fingerprint density at radius 3 is 2.60 bits per heavy atom. The number of benzene rings is 1. The average molecular weight is 340 g/mol. The summed E-state index contributed by atoms with van der Waals surface area (Å²) in [6.45, 7) is 5.84. The molecule has 25 heavy (non-hydrogen) atoms. The number of hydrogen-bond acceptors (Lipinski definition) is 5. The van der Waals surface area contributed by atoms with Crippen molar-refractivity contribution in [2.45, 2.75) is 20.8 Å². The van der Waals surface area contributed by atoms with Gasteiger partial charge in [-0.1, -0.05) is 20.8 Å². The number of carbonyl (C=O) groups excluding carboxylic acids is 1. The molecule has 1 heterocycles. The molecule has 1 aromatic carbocycles. The fraction of sp³-hybridized carbons (Fsp3) is 0.316. The van der Waals surface area contributed by atoms with E-state index in [0.717, 1.165) is 5.39 Å². The second kappa shape index (κ2) is 7.34. The van der Waals surface area contributed by atoms with E-state index in [1.165, 1.54) is 0 Å². The maximum Gasteiger partial charge on any atom is 0.256 e. The van der Waals surface area contributed by atoms with E-state index in [4.69, 9.17) is 10.1 Å². The van der Waals surface area contributed by atoms with Crippen LogP contribution in [0.3, 0.4) is 0 Å². The first-order valence-electron chi connectivity index (χ1n) is 7.99. The van der Waals surface area contributed by atoms with Gasteiger partial charge in [-0.3, -0.25) is 9.78 Å². The summed E-state index contributed by atoms with van der Waals surface area (Å²) in [5.74, 6) is 0.920. The van der Waals surface area contributed by atoms with E-state index in [9.17, 15) is 4.79 Å². The molecule has 0 atom stereocenters. The summed E-state index contributed by atoms with van der Waals surface area (Å²) >= 11 is 0. The minimum Gasteiger partial charge on any atom is -0.496 e. The van der Waals surface area contributed by atoms with Gasteiger partial charge in [0.15, 0.2) is 0 Å². The molecule has 0 bridgehead atoms. The highest BCUT2D eigenvalue weighted by Gasteiger charge is 2.17. The molecule has 6 nitrogen and oxygen atoms in total. The van der Waals surface area contributed by atoms with Gasteiger partial charge in [0, 0.05) is 35.3 Å². The van der Waals surface area contributed by atoms with Gasteiger partial charge in [0.25, 0.3) is 5.91 Å². The first-order chi connectivity index (χ1) is 11.8. The van der Waals surface area contributed by atoms with Crippen LogP contribution in [0, 0.1) is 10.8 Å².